The van der Waals surface area contributed by atoms with Crippen LogP contribution in [0.2, 0.25) is 23.7 Å². The molecule has 6 rings (SSSR count). The van der Waals surface area contributed by atoms with Crippen LogP contribution < -0.4 is 4.90 Å². The molecule has 1 fully saturated rings. The highest BCUT2D eigenvalue weighted by molar-refractivity contribution is 6.71. The van der Waals surface area contributed by atoms with Crippen molar-refractivity contribution in [3.63, 3.8) is 0 Å². The summed E-state index contributed by atoms with van der Waals surface area (Å²) in [6.07, 6.45) is -0.0933. The molecule has 0 saturated carbocycles. The van der Waals surface area contributed by atoms with Gasteiger partial charge in [0, 0.05) is 28.6 Å². The summed E-state index contributed by atoms with van der Waals surface area (Å²) in [5, 5.41) is 10.7. The molecular formula is C33H37ClN2O5Si. The number of benzene rings is 3. The van der Waals surface area contributed by atoms with E-state index in [2.05, 4.69) is 0 Å². The molecule has 0 aliphatic carbocycles. The maximum Gasteiger partial charge on any atom is 0.264 e. The summed E-state index contributed by atoms with van der Waals surface area (Å²) in [5.41, 5.74) is 2.83. The first-order chi connectivity index (χ1) is 20.0. The zero-order chi connectivity index (χ0) is 29.8. The molecule has 7 nitrogen and oxygen atoms in total. The second-order valence-electron chi connectivity index (χ2n) is 12.4. The second kappa shape index (κ2) is 10.9. The molecule has 3 aliphatic heterocycles. The number of anilines is 1. The number of aliphatic hydroxyl groups is 1. The van der Waals surface area contributed by atoms with E-state index in [0.29, 0.717) is 30.1 Å². The highest BCUT2D eigenvalue weighted by Crippen LogP contribution is 2.60. The maximum absolute atomic E-state index is 14.5. The predicted molar refractivity (Wildman–Crippen MR) is 164 cm³/mol. The lowest BCUT2D eigenvalue weighted by molar-refractivity contribution is -0.151. The van der Waals surface area contributed by atoms with Gasteiger partial charge in [0.15, 0.2) is 13.9 Å². The van der Waals surface area contributed by atoms with Crippen molar-refractivity contribution in [1.29, 1.82) is 0 Å². The van der Waals surface area contributed by atoms with Gasteiger partial charge in [-0.05, 0) is 54.4 Å². The third-order valence-electron chi connectivity index (χ3n) is 9.39. The van der Waals surface area contributed by atoms with E-state index in [0.717, 1.165) is 22.4 Å². The zero-order valence-electron chi connectivity index (χ0n) is 24.2. The minimum Gasteiger partial charge on any atom is -0.432 e. The lowest BCUT2D eigenvalue weighted by atomic mass is 9.82. The number of carbonyl (C=O) groups excluding carboxylic acids is 2. The van der Waals surface area contributed by atoms with Gasteiger partial charge >= 0.3 is 0 Å². The third kappa shape index (κ3) is 4.79. The van der Waals surface area contributed by atoms with Crippen molar-refractivity contribution in [3.8, 4) is 0 Å². The molecule has 1 spiro atoms. The average Bonchev–Trinajstić information content (AvgIpc) is 3.39. The minimum absolute atomic E-state index is 0.00821. The van der Waals surface area contributed by atoms with Crippen molar-refractivity contribution in [3.05, 3.63) is 100 Å². The van der Waals surface area contributed by atoms with E-state index in [9.17, 15) is 19.5 Å². The third-order valence-corrected chi connectivity index (χ3v) is 12.1. The molecule has 220 valence electrons. The summed E-state index contributed by atoms with van der Waals surface area (Å²) in [5.74, 6) is -0.753. The van der Waals surface area contributed by atoms with Gasteiger partial charge in [0.2, 0.25) is 5.91 Å². The van der Waals surface area contributed by atoms with E-state index in [4.69, 9.17) is 16.3 Å². The molecule has 0 radical (unpaired) electrons. The fraction of sp³-hybridized carbons (Fsp3) is 0.394. The van der Waals surface area contributed by atoms with E-state index < -0.39 is 31.5 Å². The summed E-state index contributed by atoms with van der Waals surface area (Å²) < 4.78 is 6.84. The smallest absolute Gasteiger partial charge is 0.264 e. The standard InChI is InChI=1S/C33H37ClN2O5Si/c1-21-31(42(2,3)40)29(17-30(38)35-19-24-12-8-7-11-23(24)15-26(35)20-37)41-33(21)27-16-25(34)13-14-28(27)36(32(33)39)18-22-9-5-4-6-10-22/h4-14,16,21,26,29,31,37,40H,15,17-20H2,1-3H3/t21-,26+,29+,31-,33+/m1/s1. The van der Waals surface area contributed by atoms with E-state index in [1.165, 1.54) is 0 Å². The molecule has 3 aliphatic rings. The summed E-state index contributed by atoms with van der Waals surface area (Å²) in [6.45, 7) is 6.28. The number of hydrogen-bond acceptors (Lipinski definition) is 5. The maximum atomic E-state index is 14.5. The number of aliphatic hydroxyl groups excluding tert-OH is 1. The largest absolute Gasteiger partial charge is 0.432 e. The summed E-state index contributed by atoms with van der Waals surface area (Å²) in [4.78, 5) is 43.5. The van der Waals surface area contributed by atoms with Gasteiger partial charge in [-0.3, -0.25) is 9.59 Å². The van der Waals surface area contributed by atoms with Crippen LogP contribution in [0.3, 0.4) is 0 Å². The molecule has 3 aromatic carbocycles. The van der Waals surface area contributed by atoms with Crippen molar-refractivity contribution in [2.24, 2.45) is 5.92 Å². The normalized spacial score (nSPS) is 27.0. The van der Waals surface area contributed by atoms with Crippen molar-refractivity contribution in [2.45, 2.75) is 69.2 Å². The van der Waals surface area contributed by atoms with E-state index in [1.54, 1.807) is 21.9 Å². The van der Waals surface area contributed by atoms with Gasteiger partial charge in [-0.2, -0.15) is 0 Å². The molecule has 0 bridgehead atoms. The van der Waals surface area contributed by atoms with Gasteiger partial charge in [0.05, 0.1) is 37.4 Å². The second-order valence-corrected chi connectivity index (χ2v) is 16.8. The van der Waals surface area contributed by atoms with Crippen LogP contribution in [0, 0.1) is 5.92 Å². The van der Waals surface area contributed by atoms with Gasteiger partial charge in [-0.1, -0.05) is 73.1 Å². The van der Waals surface area contributed by atoms with Gasteiger partial charge in [0.1, 0.15) is 0 Å². The molecule has 0 unspecified atom stereocenters. The molecule has 9 heteroatoms. The van der Waals surface area contributed by atoms with Crippen LogP contribution in [0.1, 0.15) is 35.6 Å². The molecule has 2 amide bonds. The Hall–Kier alpha value is -3.01. The van der Waals surface area contributed by atoms with Crippen LogP contribution >= 0.6 is 11.6 Å². The lowest BCUT2D eigenvalue weighted by Gasteiger charge is -2.37. The van der Waals surface area contributed by atoms with Gasteiger partial charge < -0.3 is 24.4 Å². The Morgan fingerprint density at radius 2 is 1.76 bits per heavy atom. The Labute approximate surface area is 252 Å². The Bertz CT molecular complexity index is 1510. The lowest BCUT2D eigenvalue weighted by Crippen LogP contribution is -2.48. The Morgan fingerprint density at radius 1 is 1.07 bits per heavy atom. The number of nitrogens with zero attached hydrogens (tertiary/aromatic N) is 2. The number of fused-ring (bicyclic) bond motifs is 3. The number of amides is 2. The highest BCUT2D eigenvalue weighted by Gasteiger charge is 2.66. The molecule has 42 heavy (non-hydrogen) atoms. The monoisotopic (exact) mass is 604 g/mol. The van der Waals surface area contributed by atoms with Crippen LogP contribution in [0.25, 0.3) is 0 Å². The molecule has 3 aromatic rings. The van der Waals surface area contributed by atoms with Crippen LogP contribution in [-0.2, 0) is 39.4 Å². The Kier molecular flexibility index (Phi) is 7.56. The Morgan fingerprint density at radius 3 is 2.45 bits per heavy atom. The molecule has 2 N–H and O–H groups in total. The average molecular weight is 605 g/mol. The first kappa shape index (κ1) is 29.1. The quantitative estimate of drug-likeness (QED) is 0.386. The number of ether oxygens (including phenoxy) is 1. The molecule has 3 heterocycles. The highest BCUT2D eigenvalue weighted by atomic mass is 35.5. The van der Waals surface area contributed by atoms with Crippen LogP contribution in [0.4, 0.5) is 5.69 Å². The number of halogens is 1. The fourth-order valence-electron chi connectivity index (χ4n) is 7.50. The molecule has 1 saturated heterocycles. The van der Waals surface area contributed by atoms with Crippen molar-refractivity contribution in [2.75, 3.05) is 11.5 Å². The number of rotatable bonds is 6. The van der Waals surface area contributed by atoms with Crippen molar-refractivity contribution >= 4 is 37.4 Å². The molecule has 0 aromatic heterocycles. The summed E-state index contributed by atoms with van der Waals surface area (Å²) in [6, 6.07) is 22.9. The number of hydrogen-bond donors (Lipinski definition) is 2. The first-order valence-corrected chi connectivity index (χ1v) is 18.0. The summed E-state index contributed by atoms with van der Waals surface area (Å²) in [7, 11) is -2.95. The summed E-state index contributed by atoms with van der Waals surface area (Å²) >= 11 is 6.50. The van der Waals surface area contributed by atoms with E-state index >= 15 is 0 Å². The Balaban J connectivity index is 1.36. The van der Waals surface area contributed by atoms with E-state index in [1.807, 2.05) is 80.7 Å². The van der Waals surface area contributed by atoms with Crippen LogP contribution in [0.5, 0.6) is 0 Å². The minimum atomic E-state index is -2.95. The van der Waals surface area contributed by atoms with Crippen LogP contribution in [-0.4, -0.2) is 53.7 Å². The first-order valence-electron chi connectivity index (χ1n) is 14.6. The van der Waals surface area contributed by atoms with E-state index in [-0.39, 0.29) is 30.9 Å². The SMILES string of the molecule is C[C@@H]1[C@@H]([Si](C)(C)O)[C@H](CC(=O)N2Cc3ccccc3C[C@H]2CO)O[C@@]12C(=O)N(Cc1ccccc1)c1ccc(Cl)cc12. The van der Waals surface area contributed by atoms with Crippen LogP contribution in [0.15, 0.2) is 72.8 Å². The van der Waals surface area contributed by atoms with Crippen molar-refractivity contribution in [1.82, 2.24) is 4.90 Å². The predicted octanol–water partition coefficient (Wildman–Crippen LogP) is 5.02. The van der Waals surface area contributed by atoms with Crippen molar-refractivity contribution < 1.29 is 24.2 Å². The van der Waals surface area contributed by atoms with Gasteiger partial charge in [-0.25, -0.2) is 0 Å². The zero-order valence-corrected chi connectivity index (χ0v) is 25.9. The fourth-order valence-corrected chi connectivity index (χ4v) is 10.2. The molecule has 5 atom stereocenters. The van der Waals surface area contributed by atoms with Gasteiger partial charge in [0.25, 0.3) is 5.91 Å². The number of carbonyl (C=O) groups is 2. The topological polar surface area (TPSA) is 90.3 Å². The molecular weight excluding hydrogens is 568 g/mol. The van der Waals surface area contributed by atoms with Gasteiger partial charge in [-0.15, -0.1) is 0 Å².